The Morgan fingerprint density at radius 1 is 1.38 bits per heavy atom. The zero-order valence-electron chi connectivity index (χ0n) is 15.0. The Kier molecular flexibility index (Phi) is 6.46. The maximum atomic E-state index is 12.3. The van der Waals surface area contributed by atoms with Crippen molar-refractivity contribution in [3.05, 3.63) is 58.0 Å². The molecule has 1 aromatic heterocycles. The van der Waals surface area contributed by atoms with Gasteiger partial charge in [-0.3, -0.25) is 4.79 Å². The maximum Gasteiger partial charge on any atom is 0.341 e. The predicted molar refractivity (Wildman–Crippen MR) is 104 cm³/mol. The summed E-state index contributed by atoms with van der Waals surface area (Å²) in [6, 6.07) is 5.34. The van der Waals surface area contributed by atoms with E-state index in [0.29, 0.717) is 33.0 Å². The molecule has 1 aromatic carbocycles. The molecule has 0 aliphatic heterocycles. The molecule has 0 aliphatic rings. The number of hydrogen-bond acceptors (Lipinski definition) is 6. The van der Waals surface area contributed by atoms with Gasteiger partial charge in [0.2, 0.25) is 0 Å². The molecule has 2 aromatic rings. The molecule has 0 fully saturated rings. The number of phenolic OH excluding ortho intramolecular Hbond substituents is 1. The van der Waals surface area contributed by atoms with Gasteiger partial charge in [0.05, 0.1) is 17.0 Å². The first-order valence-electron chi connectivity index (χ1n) is 8.17. The Hall–Kier alpha value is -2.73. The monoisotopic (exact) mass is 371 g/mol. The lowest BCUT2D eigenvalue weighted by Crippen LogP contribution is -2.06. The number of rotatable bonds is 7. The summed E-state index contributed by atoms with van der Waals surface area (Å²) in [6.45, 7) is 8.78. The number of ether oxygens (including phenoxy) is 1. The number of nitrogens with zero attached hydrogens (tertiary/aromatic N) is 1. The summed E-state index contributed by atoms with van der Waals surface area (Å²) in [7, 11) is 0. The molecule has 1 heterocycles. The molecular weight excluding hydrogens is 350 g/mol. The van der Waals surface area contributed by atoms with Gasteiger partial charge in [-0.05, 0) is 44.4 Å². The van der Waals surface area contributed by atoms with Crippen LogP contribution in [0.1, 0.15) is 50.6 Å². The van der Waals surface area contributed by atoms with Crippen molar-refractivity contribution in [1.29, 1.82) is 0 Å². The molecule has 0 saturated carbocycles. The van der Waals surface area contributed by atoms with E-state index in [1.807, 2.05) is 12.1 Å². The fourth-order valence-corrected chi connectivity index (χ4v) is 3.57. The average molecular weight is 371 g/mol. The summed E-state index contributed by atoms with van der Waals surface area (Å²) in [5.74, 6) is -0.519. The molecule has 0 unspecified atom stereocenters. The first kappa shape index (κ1) is 19.6. The van der Waals surface area contributed by atoms with Crippen LogP contribution in [0.4, 0.5) is 5.00 Å². The number of hydrogen-bond donors (Lipinski definition) is 1. The van der Waals surface area contributed by atoms with E-state index in [2.05, 4.69) is 11.6 Å². The number of phenols is 1. The summed E-state index contributed by atoms with van der Waals surface area (Å²) >= 11 is 1.14. The molecule has 0 atom stereocenters. The van der Waals surface area contributed by atoms with E-state index in [4.69, 9.17) is 4.74 Å². The van der Waals surface area contributed by atoms with Gasteiger partial charge in [-0.1, -0.05) is 18.2 Å². The van der Waals surface area contributed by atoms with Gasteiger partial charge >= 0.3 is 5.97 Å². The predicted octanol–water partition coefficient (Wildman–Crippen LogP) is 4.62. The lowest BCUT2D eigenvalue weighted by atomic mass is 10.1. The van der Waals surface area contributed by atoms with Gasteiger partial charge in [0.25, 0.3) is 0 Å². The largest absolute Gasteiger partial charge is 0.507 e. The molecule has 0 radical (unpaired) electrons. The molecule has 0 bridgehead atoms. The number of carbonyl (C=O) groups is 2. The Balaban J connectivity index is 2.49. The number of aliphatic imine (C=N–C) groups is 1. The van der Waals surface area contributed by atoms with Crippen molar-refractivity contribution in [1.82, 2.24) is 0 Å². The zero-order chi connectivity index (χ0) is 19.3. The Bertz CT molecular complexity index is 880. The molecule has 1 N–H and O–H groups in total. The van der Waals surface area contributed by atoms with Crippen LogP contribution >= 0.6 is 11.3 Å². The quantitative estimate of drug-likeness (QED) is 0.333. The number of Topliss-reactive ketones (excluding diaryl/α,β-unsaturated/α-hetero) is 1. The van der Waals surface area contributed by atoms with E-state index < -0.39 is 5.97 Å². The Morgan fingerprint density at radius 2 is 2.12 bits per heavy atom. The number of benzene rings is 1. The Labute approximate surface area is 156 Å². The number of ketones is 1. The van der Waals surface area contributed by atoms with Crippen LogP contribution in [0.3, 0.4) is 0 Å². The molecule has 6 heteroatoms. The van der Waals surface area contributed by atoms with E-state index in [1.54, 1.807) is 26.0 Å². The number of thiophene rings is 1. The minimum absolute atomic E-state index is 0.119. The van der Waals surface area contributed by atoms with Crippen molar-refractivity contribution in [3.8, 4) is 5.75 Å². The highest BCUT2D eigenvalue weighted by Gasteiger charge is 2.23. The van der Waals surface area contributed by atoms with Gasteiger partial charge in [0.15, 0.2) is 5.78 Å². The van der Waals surface area contributed by atoms with Crippen LogP contribution in [0.2, 0.25) is 0 Å². The molecule has 0 saturated heterocycles. The summed E-state index contributed by atoms with van der Waals surface area (Å²) in [4.78, 5) is 28.9. The average Bonchev–Trinajstić information content (AvgIpc) is 2.93. The third-order valence-corrected chi connectivity index (χ3v) is 5.06. The molecule has 0 spiro atoms. The third-order valence-electron chi connectivity index (χ3n) is 3.76. The molecule has 0 amide bonds. The third kappa shape index (κ3) is 4.08. The van der Waals surface area contributed by atoms with E-state index in [0.717, 1.165) is 16.9 Å². The van der Waals surface area contributed by atoms with E-state index in [1.165, 1.54) is 13.1 Å². The van der Waals surface area contributed by atoms with Gasteiger partial charge in [-0.15, -0.1) is 17.9 Å². The van der Waals surface area contributed by atoms with Crippen molar-refractivity contribution >= 4 is 34.3 Å². The first-order chi connectivity index (χ1) is 12.4. The van der Waals surface area contributed by atoms with Crippen LogP contribution < -0.4 is 0 Å². The summed E-state index contributed by atoms with van der Waals surface area (Å²) < 4.78 is 5.09. The maximum absolute atomic E-state index is 12.3. The van der Waals surface area contributed by atoms with E-state index >= 15 is 0 Å². The summed E-state index contributed by atoms with van der Waals surface area (Å²) in [6.07, 6.45) is 3.73. The van der Waals surface area contributed by atoms with E-state index in [9.17, 15) is 14.7 Å². The van der Waals surface area contributed by atoms with Crippen LogP contribution in [0, 0.1) is 6.92 Å². The normalized spacial score (nSPS) is 10.9. The van der Waals surface area contributed by atoms with Crippen molar-refractivity contribution in [2.75, 3.05) is 6.61 Å². The fourth-order valence-electron chi connectivity index (χ4n) is 2.53. The number of allylic oxidation sites excluding steroid dienone is 1. The Morgan fingerprint density at radius 3 is 2.73 bits per heavy atom. The van der Waals surface area contributed by atoms with Crippen molar-refractivity contribution in [3.63, 3.8) is 0 Å². The summed E-state index contributed by atoms with van der Waals surface area (Å²) in [5.41, 5.74) is 2.12. The van der Waals surface area contributed by atoms with Crippen molar-refractivity contribution < 1.29 is 19.4 Å². The van der Waals surface area contributed by atoms with Gasteiger partial charge in [-0.25, -0.2) is 9.79 Å². The fraction of sp³-hybridized carbons (Fsp3) is 0.250. The molecule has 26 heavy (non-hydrogen) atoms. The lowest BCUT2D eigenvalue weighted by Gasteiger charge is -2.05. The second-order valence-corrected chi connectivity index (χ2v) is 6.62. The van der Waals surface area contributed by atoms with Crippen molar-refractivity contribution in [2.45, 2.75) is 27.2 Å². The van der Waals surface area contributed by atoms with E-state index in [-0.39, 0.29) is 18.1 Å². The molecule has 5 nitrogen and oxygen atoms in total. The number of aromatic hydroxyl groups is 1. The number of carbonyl (C=O) groups excluding carboxylic acids is 2. The summed E-state index contributed by atoms with van der Waals surface area (Å²) in [5, 5.41) is 10.7. The van der Waals surface area contributed by atoms with Gasteiger partial charge in [-0.2, -0.15) is 0 Å². The molecule has 136 valence electrons. The second-order valence-electron chi connectivity index (χ2n) is 5.62. The van der Waals surface area contributed by atoms with Crippen molar-refractivity contribution in [2.24, 2.45) is 4.99 Å². The zero-order valence-corrected chi connectivity index (χ0v) is 15.9. The highest BCUT2D eigenvalue weighted by molar-refractivity contribution is 7.18. The van der Waals surface area contributed by atoms with Crippen LogP contribution in [0.25, 0.3) is 0 Å². The minimum Gasteiger partial charge on any atom is -0.507 e. The molecule has 2 rings (SSSR count). The lowest BCUT2D eigenvalue weighted by molar-refractivity contribution is 0.0527. The topological polar surface area (TPSA) is 76.0 Å². The van der Waals surface area contributed by atoms with Crippen LogP contribution in [0.15, 0.2) is 35.8 Å². The highest BCUT2D eigenvalue weighted by Crippen LogP contribution is 2.36. The second kappa shape index (κ2) is 8.58. The highest BCUT2D eigenvalue weighted by atomic mass is 32.1. The smallest absolute Gasteiger partial charge is 0.341 e. The van der Waals surface area contributed by atoms with Gasteiger partial charge < -0.3 is 9.84 Å². The minimum atomic E-state index is -0.509. The molecular formula is C20H21NO4S. The van der Waals surface area contributed by atoms with Gasteiger partial charge in [0, 0.05) is 11.8 Å². The van der Waals surface area contributed by atoms with Gasteiger partial charge in [0.1, 0.15) is 10.8 Å². The SMILES string of the molecule is C=CCc1cccc(/C=N/c2sc(C(C)=O)c(C)c2C(=O)OCC)c1O. The van der Waals surface area contributed by atoms with Crippen LogP contribution in [-0.2, 0) is 11.2 Å². The van der Waals surface area contributed by atoms with Crippen LogP contribution in [-0.4, -0.2) is 29.7 Å². The standard InChI is InChI=1S/C20H21NO4S/c1-5-8-14-9-7-10-15(17(14)23)11-21-19-16(20(24)25-6-2)12(3)18(26-19)13(4)22/h5,7,9-11,23H,1,6,8H2,2-4H3/b21-11+. The van der Waals surface area contributed by atoms with Crippen LogP contribution in [0.5, 0.6) is 5.75 Å². The molecule has 0 aliphatic carbocycles. The number of esters is 1. The first-order valence-corrected chi connectivity index (χ1v) is 8.99. The number of para-hydroxylation sites is 1.